The Labute approximate surface area is 161 Å². The van der Waals surface area contributed by atoms with E-state index in [4.69, 9.17) is 9.47 Å². The lowest BCUT2D eigenvalue weighted by Crippen LogP contribution is -2.36. The van der Waals surface area contributed by atoms with E-state index in [0.29, 0.717) is 6.42 Å². The molecule has 1 N–H and O–H groups in total. The number of anilines is 2. The summed E-state index contributed by atoms with van der Waals surface area (Å²) in [4.78, 5) is 15.0. The van der Waals surface area contributed by atoms with Crippen LogP contribution in [-0.2, 0) is 9.53 Å². The van der Waals surface area contributed by atoms with E-state index >= 15 is 0 Å². The summed E-state index contributed by atoms with van der Waals surface area (Å²) in [6.45, 7) is 9.31. The van der Waals surface area contributed by atoms with Crippen LogP contribution in [0, 0.1) is 13.8 Å². The van der Waals surface area contributed by atoms with Crippen molar-refractivity contribution in [2.24, 2.45) is 0 Å². The molecule has 2 aromatic carbocycles. The number of aryl methyl sites for hydroxylation is 1. The summed E-state index contributed by atoms with van der Waals surface area (Å²) in [7, 11) is 0. The SMILES string of the molecule is CC[C@@H](Oc1cccc(C)c1C)C(=O)Nc1ccc(N2CCOCC2)cc1. The molecule has 144 valence electrons. The Bertz CT molecular complexity index is 768. The lowest BCUT2D eigenvalue weighted by Gasteiger charge is -2.29. The van der Waals surface area contributed by atoms with Gasteiger partial charge in [0.25, 0.3) is 5.91 Å². The predicted octanol–water partition coefficient (Wildman–Crippen LogP) is 3.94. The zero-order valence-corrected chi connectivity index (χ0v) is 16.3. The van der Waals surface area contributed by atoms with Gasteiger partial charge >= 0.3 is 0 Å². The average Bonchev–Trinajstić information content (AvgIpc) is 2.70. The van der Waals surface area contributed by atoms with Crippen LogP contribution in [0.1, 0.15) is 24.5 Å². The molecule has 0 bridgehead atoms. The van der Waals surface area contributed by atoms with Gasteiger partial charge in [-0.05, 0) is 61.7 Å². The van der Waals surface area contributed by atoms with Crippen LogP contribution in [0.2, 0.25) is 0 Å². The van der Waals surface area contributed by atoms with Gasteiger partial charge in [-0.25, -0.2) is 0 Å². The molecule has 1 atom stereocenters. The standard InChI is InChI=1S/C22H28N2O3/c1-4-20(27-21-7-5-6-16(2)17(21)3)22(25)23-18-8-10-19(11-9-18)24-12-14-26-15-13-24/h5-11,20H,4,12-15H2,1-3H3,(H,23,25)/t20-/m1/s1. The number of nitrogens with one attached hydrogen (secondary N) is 1. The number of hydrogen-bond donors (Lipinski definition) is 1. The van der Waals surface area contributed by atoms with Crippen molar-refractivity contribution in [2.75, 3.05) is 36.5 Å². The van der Waals surface area contributed by atoms with Gasteiger partial charge in [-0.1, -0.05) is 19.1 Å². The van der Waals surface area contributed by atoms with Gasteiger partial charge < -0.3 is 19.7 Å². The smallest absolute Gasteiger partial charge is 0.265 e. The van der Waals surface area contributed by atoms with E-state index in [1.54, 1.807) is 0 Å². The lowest BCUT2D eigenvalue weighted by molar-refractivity contribution is -0.122. The number of hydrogen-bond acceptors (Lipinski definition) is 4. The molecular formula is C22H28N2O3. The first-order valence-electron chi connectivity index (χ1n) is 9.55. The van der Waals surface area contributed by atoms with Gasteiger partial charge in [-0.15, -0.1) is 0 Å². The van der Waals surface area contributed by atoms with Crippen LogP contribution >= 0.6 is 0 Å². The lowest BCUT2D eigenvalue weighted by atomic mass is 10.1. The molecule has 1 amide bonds. The molecule has 1 aliphatic heterocycles. The van der Waals surface area contributed by atoms with E-state index in [2.05, 4.69) is 10.2 Å². The normalized spacial score (nSPS) is 15.3. The fourth-order valence-electron chi connectivity index (χ4n) is 3.13. The highest BCUT2D eigenvalue weighted by Crippen LogP contribution is 2.23. The van der Waals surface area contributed by atoms with Gasteiger partial charge in [-0.3, -0.25) is 4.79 Å². The molecule has 0 spiro atoms. The molecule has 0 saturated carbocycles. The zero-order chi connectivity index (χ0) is 19.2. The molecule has 1 saturated heterocycles. The van der Waals surface area contributed by atoms with E-state index in [1.807, 2.05) is 63.2 Å². The molecule has 0 aliphatic carbocycles. The van der Waals surface area contributed by atoms with E-state index in [1.165, 1.54) is 0 Å². The largest absolute Gasteiger partial charge is 0.480 e. The molecule has 5 nitrogen and oxygen atoms in total. The zero-order valence-electron chi connectivity index (χ0n) is 16.3. The first kappa shape index (κ1) is 19.2. The van der Waals surface area contributed by atoms with Crippen molar-refractivity contribution in [3.8, 4) is 5.75 Å². The van der Waals surface area contributed by atoms with Crippen LogP contribution in [0.4, 0.5) is 11.4 Å². The van der Waals surface area contributed by atoms with Crippen molar-refractivity contribution >= 4 is 17.3 Å². The van der Waals surface area contributed by atoms with E-state index in [0.717, 1.165) is 54.6 Å². The third-order valence-electron chi connectivity index (χ3n) is 5.00. The van der Waals surface area contributed by atoms with Crippen molar-refractivity contribution in [2.45, 2.75) is 33.3 Å². The number of carbonyl (C=O) groups is 1. The maximum absolute atomic E-state index is 12.7. The molecule has 0 unspecified atom stereocenters. The minimum absolute atomic E-state index is 0.127. The number of nitrogens with zero attached hydrogens (tertiary/aromatic N) is 1. The fourth-order valence-corrected chi connectivity index (χ4v) is 3.13. The first-order valence-corrected chi connectivity index (χ1v) is 9.55. The monoisotopic (exact) mass is 368 g/mol. The van der Waals surface area contributed by atoms with Gasteiger partial charge in [0.05, 0.1) is 13.2 Å². The highest BCUT2D eigenvalue weighted by Gasteiger charge is 2.20. The average molecular weight is 368 g/mol. The van der Waals surface area contributed by atoms with Gasteiger partial charge in [0.15, 0.2) is 6.10 Å². The maximum Gasteiger partial charge on any atom is 0.265 e. The van der Waals surface area contributed by atoms with E-state index in [9.17, 15) is 4.79 Å². The van der Waals surface area contributed by atoms with Crippen LogP contribution in [0.5, 0.6) is 5.75 Å². The first-order chi connectivity index (χ1) is 13.1. The van der Waals surface area contributed by atoms with Crippen molar-refractivity contribution in [1.29, 1.82) is 0 Å². The Kier molecular flexibility index (Phi) is 6.35. The molecule has 5 heteroatoms. The van der Waals surface area contributed by atoms with Gasteiger partial charge in [0.1, 0.15) is 5.75 Å². The highest BCUT2D eigenvalue weighted by molar-refractivity contribution is 5.94. The molecule has 2 aromatic rings. The summed E-state index contributed by atoms with van der Waals surface area (Å²) in [6.07, 6.45) is 0.0786. The second kappa shape index (κ2) is 8.91. The Morgan fingerprint density at radius 2 is 1.85 bits per heavy atom. The Morgan fingerprint density at radius 3 is 2.52 bits per heavy atom. The van der Waals surface area contributed by atoms with Gasteiger partial charge in [0.2, 0.25) is 0 Å². The third-order valence-corrected chi connectivity index (χ3v) is 5.00. The number of amides is 1. The van der Waals surface area contributed by atoms with Crippen molar-refractivity contribution in [3.05, 3.63) is 53.6 Å². The summed E-state index contributed by atoms with van der Waals surface area (Å²) in [5.41, 5.74) is 4.15. The second-order valence-corrected chi connectivity index (χ2v) is 6.85. The minimum Gasteiger partial charge on any atom is -0.480 e. The Hall–Kier alpha value is -2.53. The van der Waals surface area contributed by atoms with Gasteiger partial charge in [0, 0.05) is 24.5 Å². The molecule has 27 heavy (non-hydrogen) atoms. The third kappa shape index (κ3) is 4.80. The Morgan fingerprint density at radius 1 is 1.15 bits per heavy atom. The van der Waals surface area contributed by atoms with Crippen LogP contribution < -0.4 is 15.0 Å². The number of carbonyl (C=O) groups excluding carboxylic acids is 1. The summed E-state index contributed by atoms with van der Waals surface area (Å²) in [5, 5.41) is 2.97. The topological polar surface area (TPSA) is 50.8 Å². The number of morpholine rings is 1. The van der Waals surface area contributed by atoms with Crippen LogP contribution in [0.15, 0.2) is 42.5 Å². The molecule has 1 fully saturated rings. The van der Waals surface area contributed by atoms with Crippen LogP contribution in [-0.4, -0.2) is 38.3 Å². The molecule has 1 heterocycles. The summed E-state index contributed by atoms with van der Waals surface area (Å²) < 4.78 is 11.4. The summed E-state index contributed by atoms with van der Waals surface area (Å²) in [6, 6.07) is 13.9. The van der Waals surface area contributed by atoms with Crippen molar-refractivity contribution in [3.63, 3.8) is 0 Å². The van der Waals surface area contributed by atoms with E-state index < -0.39 is 6.10 Å². The van der Waals surface area contributed by atoms with E-state index in [-0.39, 0.29) is 5.91 Å². The second-order valence-electron chi connectivity index (χ2n) is 6.85. The number of benzene rings is 2. The quantitative estimate of drug-likeness (QED) is 0.839. The number of ether oxygens (including phenoxy) is 2. The van der Waals surface area contributed by atoms with Crippen LogP contribution in [0.3, 0.4) is 0 Å². The molecule has 1 aliphatic rings. The summed E-state index contributed by atoms with van der Waals surface area (Å²) in [5.74, 6) is 0.636. The molecule has 0 radical (unpaired) electrons. The van der Waals surface area contributed by atoms with Crippen LogP contribution in [0.25, 0.3) is 0 Å². The minimum atomic E-state index is -0.524. The fraction of sp³-hybridized carbons (Fsp3) is 0.409. The number of rotatable bonds is 6. The summed E-state index contributed by atoms with van der Waals surface area (Å²) >= 11 is 0. The van der Waals surface area contributed by atoms with Crippen molar-refractivity contribution in [1.82, 2.24) is 0 Å². The Balaban J connectivity index is 1.63. The molecule has 0 aromatic heterocycles. The highest BCUT2D eigenvalue weighted by atomic mass is 16.5. The molecule has 3 rings (SSSR count). The maximum atomic E-state index is 12.7. The molecular weight excluding hydrogens is 340 g/mol. The van der Waals surface area contributed by atoms with Gasteiger partial charge in [-0.2, -0.15) is 0 Å². The van der Waals surface area contributed by atoms with Crippen molar-refractivity contribution < 1.29 is 14.3 Å². The predicted molar refractivity (Wildman–Crippen MR) is 109 cm³/mol.